The Balaban J connectivity index is 2.25. The van der Waals surface area contributed by atoms with E-state index in [1.54, 1.807) is 0 Å². The molecule has 0 bridgehead atoms. The molecular weight excluding hydrogens is 293 g/mol. The number of hydrogen-bond donors (Lipinski definition) is 0. The van der Waals surface area contributed by atoms with Crippen molar-refractivity contribution in [3.8, 4) is 0 Å². The second-order valence-corrected chi connectivity index (χ2v) is 6.29. The Morgan fingerprint density at radius 1 is 1.33 bits per heavy atom. The third-order valence-electron chi connectivity index (χ3n) is 3.05. The summed E-state index contributed by atoms with van der Waals surface area (Å²) in [6.45, 7) is 2.24. The van der Waals surface area contributed by atoms with E-state index in [1.165, 1.54) is 19.4 Å². The Morgan fingerprint density at radius 3 is 2.89 bits per heavy atom. The fourth-order valence-corrected chi connectivity index (χ4v) is 4.61. The van der Waals surface area contributed by atoms with Crippen molar-refractivity contribution < 1.29 is 9.53 Å². The predicted molar refractivity (Wildman–Crippen MR) is 73.3 cm³/mol. The molecule has 0 aliphatic heterocycles. The van der Waals surface area contributed by atoms with Crippen LogP contribution >= 0.6 is 0 Å². The second kappa shape index (κ2) is 4.30. The van der Waals surface area contributed by atoms with Gasteiger partial charge in [0.05, 0.1) is 0 Å². The molecule has 0 spiro atoms. The van der Waals surface area contributed by atoms with Crippen LogP contribution in [0.4, 0.5) is 0 Å². The van der Waals surface area contributed by atoms with Crippen LogP contribution in [0.5, 0.6) is 0 Å². The van der Waals surface area contributed by atoms with Crippen LogP contribution in [-0.4, -0.2) is 31.6 Å². The molecule has 1 aromatic carbocycles. The number of hydrogen-bond acceptors (Lipinski definition) is 2. The first kappa shape index (κ1) is 11.6. The van der Waals surface area contributed by atoms with E-state index in [0.717, 1.165) is 0 Å². The summed E-state index contributed by atoms with van der Waals surface area (Å²) in [5, 5.41) is 2.45. The summed E-state index contributed by atoms with van der Waals surface area (Å²) in [5.74, 6) is -0.234. The van der Waals surface area contributed by atoms with Crippen LogP contribution in [-0.2, 0) is 11.8 Å². The summed E-state index contributed by atoms with van der Waals surface area (Å²) >= 11 is 0.283. The third kappa shape index (κ3) is 1.61. The first-order valence-corrected chi connectivity index (χ1v) is 7.57. The van der Waals surface area contributed by atoms with Crippen molar-refractivity contribution in [2.45, 2.75) is 6.92 Å². The fraction of sp³-hybridized carbons (Fsp3) is 0.214. The molecule has 0 aliphatic carbocycles. The fourth-order valence-electron chi connectivity index (χ4n) is 2.18. The SMILES string of the molecule is CCOC(=O)c1cc2c3ccccc3[se]c2n1C. The van der Waals surface area contributed by atoms with Gasteiger partial charge in [-0.1, -0.05) is 0 Å². The zero-order chi connectivity index (χ0) is 12.7. The Kier molecular flexibility index (Phi) is 2.77. The first-order valence-electron chi connectivity index (χ1n) is 5.86. The third-order valence-corrected chi connectivity index (χ3v) is 5.70. The van der Waals surface area contributed by atoms with Gasteiger partial charge in [0, 0.05) is 0 Å². The van der Waals surface area contributed by atoms with Gasteiger partial charge >= 0.3 is 111 Å². The van der Waals surface area contributed by atoms with Gasteiger partial charge < -0.3 is 0 Å². The first-order chi connectivity index (χ1) is 8.72. The zero-order valence-electron chi connectivity index (χ0n) is 10.3. The number of fused-ring (bicyclic) bond motifs is 3. The van der Waals surface area contributed by atoms with Crippen molar-refractivity contribution in [3.63, 3.8) is 0 Å². The van der Waals surface area contributed by atoms with E-state index in [2.05, 4.69) is 18.2 Å². The molecule has 2 heterocycles. The quantitative estimate of drug-likeness (QED) is 0.538. The van der Waals surface area contributed by atoms with E-state index in [9.17, 15) is 4.79 Å². The Morgan fingerprint density at radius 2 is 2.11 bits per heavy atom. The summed E-state index contributed by atoms with van der Waals surface area (Å²) in [4.78, 5) is 11.8. The molecule has 0 amide bonds. The van der Waals surface area contributed by atoms with Gasteiger partial charge in [-0.15, -0.1) is 0 Å². The topological polar surface area (TPSA) is 31.2 Å². The minimum absolute atomic E-state index is 0.234. The van der Waals surface area contributed by atoms with Crippen LogP contribution in [0.3, 0.4) is 0 Å². The molecule has 92 valence electrons. The van der Waals surface area contributed by atoms with Gasteiger partial charge in [-0.05, 0) is 0 Å². The maximum atomic E-state index is 11.8. The van der Waals surface area contributed by atoms with Gasteiger partial charge in [0.2, 0.25) is 0 Å². The van der Waals surface area contributed by atoms with Crippen molar-refractivity contribution in [3.05, 3.63) is 36.0 Å². The van der Waals surface area contributed by atoms with Crippen LogP contribution in [0.15, 0.2) is 30.3 Å². The van der Waals surface area contributed by atoms with Gasteiger partial charge in [-0.3, -0.25) is 0 Å². The molecule has 3 rings (SSSR count). The molecule has 2 aromatic heterocycles. The summed E-state index contributed by atoms with van der Waals surface area (Å²) in [7, 11) is 1.94. The van der Waals surface area contributed by atoms with Crippen LogP contribution in [0.1, 0.15) is 17.4 Å². The standard InChI is InChI=1S/C14H13NO2Se/c1-3-17-14(16)11-8-10-9-6-4-5-7-12(9)18-13(10)15(11)2/h4-8H,3H2,1-2H3. The van der Waals surface area contributed by atoms with Gasteiger partial charge in [-0.2, -0.15) is 0 Å². The average Bonchev–Trinajstić information content (AvgIpc) is 2.88. The molecule has 0 unspecified atom stereocenters. The molecule has 0 fully saturated rings. The molecule has 3 nitrogen and oxygen atoms in total. The van der Waals surface area contributed by atoms with E-state index >= 15 is 0 Å². The number of rotatable bonds is 2. The minimum atomic E-state index is -0.234. The number of aryl methyl sites for hydroxylation is 1. The molecule has 0 saturated carbocycles. The molecular formula is C14H13NO2Se. The number of carbonyl (C=O) groups excluding carboxylic acids is 1. The van der Waals surface area contributed by atoms with Crippen LogP contribution in [0.25, 0.3) is 19.4 Å². The van der Waals surface area contributed by atoms with Crippen LogP contribution in [0, 0.1) is 0 Å². The summed E-state index contributed by atoms with van der Waals surface area (Å²) < 4.78 is 9.71. The van der Waals surface area contributed by atoms with Crippen LogP contribution < -0.4 is 0 Å². The van der Waals surface area contributed by atoms with E-state index in [1.807, 2.05) is 30.7 Å². The number of aromatic nitrogens is 1. The second-order valence-electron chi connectivity index (χ2n) is 4.13. The van der Waals surface area contributed by atoms with Crippen molar-refractivity contribution in [2.24, 2.45) is 7.05 Å². The summed E-state index contributed by atoms with van der Waals surface area (Å²) in [6.07, 6.45) is 0. The Labute approximate surface area is 111 Å². The summed E-state index contributed by atoms with van der Waals surface area (Å²) in [6, 6.07) is 10.4. The average molecular weight is 306 g/mol. The number of carbonyl (C=O) groups is 1. The Bertz CT molecular complexity index is 739. The molecule has 0 N–H and O–H groups in total. The molecule has 0 saturated heterocycles. The maximum absolute atomic E-state index is 11.8. The normalized spacial score (nSPS) is 11.2. The summed E-state index contributed by atoms with van der Waals surface area (Å²) in [5.41, 5.74) is 0.651. The number of benzene rings is 1. The zero-order valence-corrected chi connectivity index (χ0v) is 12.0. The Hall–Kier alpha value is -1.51. The molecule has 4 heteroatoms. The van der Waals surface area contributed by atoms with Gasteiger partial charge in [0.25, 0.3) is 0 Å². The van der Waals surface area contributed by atoms with Crippen molar-refractivity contribution in [2.75, 3.05) is 6.61 Å². The van der Waals surface area contributed by atoms with Gasteiger partial charge in [0.1, 0.15) is 0 Å². The molecule has 3 aromatic rings. The van der Waals surface area contributed by atoms with E-state index in [4.69, 9.17) is 4.74 Å². The van der Waals surface area contributed by atoms with Crippen molar-refractivity contribution in [1.29, 1.82) is 0 Å². The van der Waals surface area contributed by atoms with Crippen LogP contribution in [0.2, 0.25) is 0 Å². The van der Waals surface area contributed by atoms with E-state index in [0.29, 0.717) is 12.3 Å². The number of ether oxygens (including phenoxy) is 1. The number of esters is 1. The molecule has 0 atom stereocenters. The monoisotopic (exact) mass is 307 g/mol. The number of nitrogens with zero attached hydrogens (tertiary/aromatic N) is 1. The van der Waals surface area contributed by atoms with Crippen molar-refractivity contribution in [1.82, 2.24) is 4.57 Å². The molecule has 0 aliphatic rings. The van der Waals surface area contributed by atoms with Gasteiger partial charge in [-0.25, -0.2) is 0 Å². The molecule has 0 radical (unpaired) electrons. The van der Waals surface area contributed by atoms with E-state index < -0.39 is 0 Å². The van der Waals surface area contributed by atoms with Gasteiger partial charge in [0.15, 0.2) is 0 Å². The van der Waals surface area contributed by atoms with Crippen molar-refractivity contribution >= 4 is 39.9 Å². The molecule has 18 heavy (non-hydrogen) atoms. The predicted octanol–water partition coefficient (Wildman–Crippen LogP) is 2.57. The van der Waals surface area contributed by atoms with E-state index in [-0.39, 0.29) is 20.5 Å².